The summed E-state index contributed by atoms with van der Waals surface area (Å²) >= 11 is 3.40. The lowest BCUT2D eigenvalue weighted by Gasteiger charge is -2.18. The van der Waals surface area contributed by atoms with Crippen molar-refractivity contribution in [2.24, 2.45) is 0 Å². The smallest absolute Gasteiger partial charge is 0.317 e. The first-order chi connectivity index (χ1) is 9.99. The van der Waals surface area contributed by atoms with Gasteiger partial charge in [0, 0.05) is 31.0 Å². The van der Waals surface area contributed by atoms with Crippen LogP contribution in [-0.2, 0) is 11.3 Å². The number of carboxylic acid groups (broad SMARTS) is 1. The molecule has 0 fully saturated rings. The van der Waals surface area contributed by atoms with Crippen LogP contribution in [0.2, 0.25) is 0 Å². The summed E-state index contributed by atoms with van der Waals surface area (Å²) in [5.74, 6) is -0.771. The number of benzene rings is 1. The highest BCUT2D eigenvalue weighted by Gasteiger charge is 2.08. The third-order valence-electron chi connectivity index (χ3n) is 3.00. The largest absolute Gasteiger partial charge is 0.481 e. The van der Waals surface area contributed by atoms with E-state index in [1.54, 1.807) is 11.9 Å². The van der Waals surface area contributed by atoms with Gasteiger partial charge in [0.2, 0.25) is 0 Å². The van der Waals surface area contributed by atoms with Gasteiger partial charge >= 0.3 is 12.0 Å². The van der Waals surface area contributed by atoms with Crippen molar-refractivity contribution in [3.63, 3.8) is 0 Å². The Balaban J connectivity index is 2.21. The van der Waals surface area contributed by atoms with Crippen LogP contribution < -0.4 is 5.32 Å². The van der Waals surface area contributed by atoms with Gasteiger partial charge in [-0.2, -0.15) is 0 Å². The molecule has 0 spiro atoms. The van der Waals surface area contributed by atoms with E-state index < -0.39 is 5.97 Å². The Hall–Kier alpha value is -1.56. The quantitative estimate of drug-likeness (QED) is 0.702. The second-order valence-electron chi connectivity index (χ2n) is 4.92. The van der Waals surface area contributed by atoms with Crippen LogP contribution in [0, 0.1) is 0 Å². The number of hydrogen-bond donors (Lipinski definition) is 2. The maximum Gasteiger partial charge on any atom is 0.317 e. The number of unbranched alkanes of at least 4 members (excludes halogenated alkanes) is 2. The second kappa shape index (κ2) is 9.39. The Bertz CT molecular complexity index is 480. The third-order valence-corrected chi connectivity index (χ3v) is 3.49. The van der Waals surface area contributed by atoms with Gasteiger partial charge in [-0.3, -0.25) is 4.79 Å². The average Bonchev–Trinajstić information content (AvgIpc) is 2.42. The van der Waals surface area contributed by atoms with Crippen molar-refractivity contribution in [1.82, 2.24) is 10.2 Å². The minimum absolute atomic E-state index is 0.117. The molecule has 1 aromatic carbocycles. The number of rotatable bonds is 8. The number of aliphatic carboxylic acids is 1. The minimum Gasteiger partial charge on any atom is -0.481 e. The van der Waals surface area contributed by atoms with Gasteiger partial charge < -0.3 is 15.3 Å². The molecule has 2 amide bonds. The summed E-state index contributed by atoms with van der Waals surface area (Å²) < 4.78 is 0.993. The molecule has 116 valence electrons. The van der Waals surface area contributed by atoms with E-state index in [4.69, 9.17) is 5.11 Å². The maximum atomic E-state index is 11.9. The lowest BCUT2D eigenvalue weighted by Crippen LogP contribution is -2.37. The number of amides is 2. The van der Waals surface area contributed by atoms with E-state index in [1.165, 1.54) is 0 Å². The van der Waals surface area contributed by atoms with Gasteiger partial charge in [0.15, 0.2) is 0 Å². The molecule has 1 aromatic rings. The molecule has 0 aliphatic rings. The Kier molecular flexibility index (Phi) is 7.82. The molecule has 0 saturated heterocycles. The van der Waals surface area contributed by atoms with E-state index in [2.05, 4.69) is 21.2 Å². The Morgan fingerprint density at radius 1 is 1.29 bits per heavy atom. The fourth-order valence-electron chi connectivity index (χ4n) is 1.89. The van der Waals surface area contributed by atoms with Crippen molar-refractivity contribution in [1.29, 1.82) is 0 Å². The molecular formula is C15H21BrN2O3. The van der Waals surface area contributed by atoms with E-state index in [9.17, 15) is 9.59 Å². The third kappa shape index (κ3) is 7.70. The number of carbonyl (C=O) groups is 2. The van der Waals surface area contributed by atoms with E-state index in [0.717, 1.165) is 22.9 Å². The average molecular weight is 357 g/mol. The van der Waals surface area contributed by atoms with Crippen molar-refractivity contribution < 1.29 is 14.7 Å². The van der Waals surface area contributed by atoms with Crippen LogP contribution in [0.25, 0.3) is 0 Å². The fraction of sp³-hybridized carbons (Fsp3) is 0.467. The molecule has 0 saturated carbocycles. The molecule has 21 heavy (non-hydrogen) atoms. The van der Waals surface area contributed by atoms with Crippen LogP contribution in [0.3, 0.4) is 0 Å². The lowest BCUT2D eigenvalue weighted by atomic mass is 10.2. The van der Waals surface area contributed by atoms with Gasteiger partial charge in [0.05, 0.1) is 0 Å². The zero-order valence-electron chi connectivity index (χ0n) is 12.1. The van der Waals surface area contributed by atoms with Crippen LogP contribution in [-0.4, -0.2) is 35.6 Å². The van der Waals surface area contributed by atoms with Crippen molar-refractivity contribution in [2.45, 2.75) is 32.2 Å². The van der Waals surface area contributed by atoms with Crippen molar-refractivity contribution in [3.05, 3.63) is 34.3 Å². The molecule has 5 nitrogen and oxygen atoms in total. The van der Waals surface area contributed by atoms with Gasteiger partial charge in [-0.25, -0.2) is 4.79 Å². The van der Waals surface area contributed by atoms with Crippen LogP contribution in [0.1, 0.15) is 31.2 Å². The Morgan fingerprint density at radius 3 is 2.71 bits per heavy atom. The van der Waals surface area contributed by atoms with Crippen molar-refractivity contribution in [2.75, 3.05) is 13.6 Å². The molecule has 0 aliphatic heterocycles. The first-order valence-corrected chi connectivity index (χ1v) is 7.73. The Morgan fingerprint density at radius 2 is 2.05 bits per heavy atom. The van der Waals surface area contributed by atoms with Crippen LogP contribution in [0.15, 0.2) is 28.7 Å². The standard InChI is InChI=1S/C15H21BrN2O3/c1-18(11-12-6-5-7-13(16)10-12)15(21)17-9-4-2-3-8-14(19)20/h5-7,10H,2-4,8-9,11H2,1H3,(H,17,21)(H,19,20). The molecule has 1 rings (SSSR count). The summed E-state index contributed by atoms with van der Waals surface area (Å²) in [5, 5.41) is 11.3. The highest BCUT2D eigenvalue weighted by molar-refractivity contribution is 9.10. The maximum absolute atomic E-state index is 11.9. The molecule has 0 heterocycles. The topological polar surface area (TPSA) is 69.6 Å². The number of hydrogen-bond acceptors (Lipinski definition) is 2. The molecule has 0 aromatic heterocycles. The lowest BCUT2D eigenvalue weighted by molar-refractivity contribution is -0.137. The Labute approximate surface area is 133 Å². The zero-order valence-corrected chi connectivity index (χ0v) is 13.7. The number of carboxylic acids is 1. The van der Waals surface area contributed by atoms with E-state index >= 15 is 0 Å². The predicted molar refractivity (Wildman–Crippen MR) is 85.1 cm³/mol. The summed E-state index contributed by atoms with van der Waals surface area (Å²) in [6, 6.07) is 7.72. The van der Waals surface area contributed by atoms with Crippen LogP contribution >= 0.6 is 15.9 Å². The van der Waals surface area contributed by atoms with Gasteiger partial charge in [-0.05, 0) is 30.5 Å². The minimum atomic E-state index is -0.771. The van der Waals surface area contributed by atoms with Gasteiger partial charge in [-0.1, -0.05) is 34.5 Å². The zero-order chi connectivity index (χ0) is 15.7. The number of nitrogens with one attached hydrogen (secondary N) is 1. The van der Waals surface area contributed by atoms with E-state index in [-0.39, 0.29) is 12.5 Å². The molecule has 0 aliphatic carbocycles. The molecule has 0 atom stereocenters. The fourth-order valence-corrected chi connectivity index (χ4v) is 2.34. The first-order valence-electron chi connectivity index (χ1n) is 6.94. The first kappa shape index (κ1) is 17.5. The summed E-state index contributed by atoms with van der Waals surface area (Å²) in [4.78, 5) is 23.9. The molecular weight excluding hydrogens is 336 g/mol. The van der Waals surface area contributed by atoms with Crippen molar-refractivity contribution in [3.8, 4) is 0 Å². The highest BCUT2D eigenvalue weighted by atomic mass is 79.9. The summed E-state index contributed by atoms with van der Waals surface area (Å²) in [6.45, 7) is 1.12. The molecule has 0 radical (unpaired) electrons. The summed E-state index contributed by atoms with van der Waals surface area (Å²) in [6.07, 6.45) is 2.45. The van der Waals surface area contributed by atoms with Gasteiger partial charge in [-0.15, -0.1) is 0 Å². The predicted octanol–water partition coefficient (Wildman–Crippen LogP) is 3.24. The number of halogens is 1. The monoisotopic (exact) mass is 356 g/mol. The SMILES string of the molecule is CN(Cc1cccc(Br)c1)C(=O)NCCCCCC(=O)O. The number of urea groups is 1. The molecule has 0 bridgehead atoms. The van der Waals surface area contributed by atoms with Gasteiger partial charge in [0.1, 0.15) is 0 Å². The second-order valence-corrected chi connectivity index (χ2v) is 5.84. The van der Waals surface area contributed by atoms with E-state index in [1.807, 2.05) is 24.3 Å². The number of carbonyl (C=O) groups excluding carboxylic acids is 1. The summed E-state index contributed by atoms with van der Waals surface area (Å²) in [5.41, 5.74) is 1.06. The molecule has 2 N–H and O–H groups in total. The van der Waals surface area contributed by atoms with Crippen LogP contribution in [0.5, 0.6) is 0 Å². The summed E-state index contributed by atoms with van der Waals surface area (Å²) in [7, 11) is 1.75. The molecule has 0 unspecified atom stereocenters. The van der Waals surface area contributed by atoms with Crippen molar-refractivity contribution >= 4 is 27.9 Å². The van der Waals surface area contributed by atoms with Crippen LogP contribution in [0.4, 0.5) is 4.79 Å². The van der Waals surface area contributed by atoms with Gasteiger partial charge in [0.25, 0.3) is 0 Å². The van der Waals surface area contributed by atoms with E-state index in [0.29, 0.717) is 19.5 Å². The number of nitrogens with zero attached hydrogens (tertiary/aromatic N) is 1. The molecule has 6 heteroatoms. The normalized spacial score (nSPS) is 10.2. The highest BCUT2D eigenvalue weighted by Crippen LogP contribution is 2.12.